The van der Waals surface area contributed by atoms with Crippen molar-refractivity contribution in [3.63, 3.8) is 0 Å². The highest BCUT2D eigenvalue weighted by Gasteiger charge is 2.34. The SMILES string of the molecule is Cc1ccc(/C=C2\SC(=O)N(CCNC(=O)c3occc3COc3ccccc3)C2=O)cc1. The minimum atomic E-state index is -0.436. The van der Waals surface area contributed by atoms with Gasteiger partial charge in [0.05, 0.1) is 11.2 Å². The molecule has 7 nitrogen and oxygen atoms in total. The monoisotopic (exact) mass is 462 g/mol. The van der Waals surface area contributed by atoms with E-state index in [1.54, 1.807) is 12.1 Å². The molecule has 4 rings (SSSR count). The molecule has 0 aliphatic carbocycles. The molecule has 0 saturated carbocycles. The van der Waals surface area contributed by atoms with Crippen LogP contribution in [0.4, 0.5) is 4.79 Å². The number of rotatable bonds is 8. The number of hydrogen-bond acceptors (Lipinski definition) is 6. The van der Waals surface area contributed by atoms with Crippen molar-refractivity contribution in [2.45, 2.75) is 13.5 Å². The average Bonchev–Trinajstić information content (AvgIpc) is 3.40. The number of imide groups is 1. The molecular weight excluding hydrogens is 440 g/mol. The molecule has 0 unspecified atom stereocenters. The topological polar surface area (TPSA) is 88.8 Å². The lowest BCUT2D eigenvalue weighted by Gasteiger charge is -2.13. The number of aryl methyl sites for hydroxylation is 1. The van der Waals surface area contributed by atoms with E-state index in [1.165, 1.54) is 6.26 Å². The molecule has 168 valence electrons. The van der Waals surface area contributed by atoms with Gasteiger partial charge in [-0.25, -0.2) is 0 Å². The quantitative estimate of drug-likeness (QED) is 0.491. The second-order valence-electron chi connectivity index (χ2n) is 7.38. The van der Waals surface area contributed by atoms with E-state index in [4.69, 9.17) is 9.15 Å². The van der Waals surface area contributed by atoms with Crippen LogP contribution in [0.3, 0.4) is 0 Å². The predicted molar refractivity (Wildman–Crippen MR) is 126 cm³/mol. The van der Waals surface area contributed by atoms with Crippen molar-refractivity contribution in [2.24, 2.45) is 0 Å². The predicted octanol–water partition coefficient (Wildman–Crippen LogP) is 4.63. The van der Waals surface area contributed by atoms with Crippen LogP contribution < -0.4 is 10.1 Å². The summed E-state index contributed by atoms with van der Waals surface area (Å²) in [4.78, 5) is 39.0. The molecule has 1 fully saturated rings. The van der Waals surface area contributed by atoms with E-state index in [-0.39, 0.29) is 36.6 Å². The second kappa shape index (κ2) is 10.2. The zero-order chi connectivity index (χ0) is 23.2. The smallest absolute Gasteiger partial charge is 0.293 e. The summed E-state index contributed by atoms with van der Waals surface area (Å²) in [7, 11) is 0. The van der Waals surface area contributed by atoms with Gasteiger partial charge in [-0.3, -0.25) is 19.3 Å². The van der Waals surface area contributed by atoms with Crippen LogP contribution in [0.2, 0.25) is 0 Å². The first-order chi connectivity index (χ1) is 16.0. The largest absolute Gasteiger partial charge is 0.489 e. The van der Waals surface area contributed by atoms with E-state index in [2.05, 4.69) is 5.32 Å². The number of carbonyl (C=O) groups excluding carboxylic acids is 3. The molecule has 1 aliphatic rings. The summed E-state index contributed by atoms with van der Waals surface area (Å²) < 4.78 is 11.0. The van der Waals surface area contributed by atoms with Gasteiger partial charge in [-0.2, -0.15) is 0 Å². The van der Waals surface area contributed by atoms with Gasteiger partial charge in [0.1, 0.15) is 12.4 Å². The molecule has 0 spiro atoms. The molecule has 2 heterocycles. The van der Waals surface area contributed by atoms with Gasteiger partial charge in [-0.1, -0.05) is 48.0 Å². The first-order valence-electron chi connectivity index (χ1n) is 10.4. The average molecular weight is 463 g/mol. The number of nitrogens with one attached hydrogen (secondary N) is 1. The fraction of sp³-hybridized carbons (Fsp3) is 0.160. The van der Waals surface area contributed by atoms with E-state index < -0.39 is 5.91 Å². The Morgan fingerprint density at radius 2 is 1.85 bits per heavy atom. The molecule has 1 saturated heterocycles. The summed E-state index contributed by atoms with van der Waals surface area (Å²) in [5, 5.41) is 2.34. The summed E-state index contributed by atoms with van der Waals surface area (Å²) in [5.74, 6) is 0.0195. The zero-order valence-corrected chi connectivity index (χ0v) is 18.8. The Morgan fingerprint density at radius 3 is 2.61 bits per heavy atom. The van der Waals surface area contributed by atoms with Crippen molar-refractivity contribution in [1.29, 1.82) is 0 Å². The van der Waals surface area contributed by atoms with Gasteiger partial charge in [0, 0.05) is 18.7 Å². The number of para-hydroxylation sites is 1. The highest BCUT2D eigenvalue weighted by Crippen LogP contribution is 2.31. The third-order valence-electron chi connectivity index (χ3n) is 4.96. The highest BCUT2D eigenvalue weighted by atomic mass is 32.2. The van der Waals surface area contributed by atoms with Crippen LogP contribution >= 0.6 is 11.8 Å². The lowest BCUT2D eigenvalue weighted by atomic mass is 10.1. The standard InChI is InChI=1S/C25H22N2O5S/c1-17-7-9-18(10-8-17)15-21-24(29)27(25(30)33-21)13-12-26-23(28)22-19(11-14-31-22)16-32-20-5-3-2-4-6-20/h2-11,14-15H,12-13,16H2,1H3,(H,26,28)/b21-15-. The third kappa shape index (κ3) is 5.53. The lowest BCUT2D eigenvalue weighted by molar-refractivity contribution is -0.122. The Hall–Kier alpha value is -3.78. The number of carbonyl (C=O) groups is 3. The van der Waals surface area contributed by atoms with Crippen molar-refractivity contribution in [3.05, 3.63) is 94.3 Å². The van der Waals surface area contributed by atoms with Gasteiger partial charge in [0.15, 0.2) is 5.76 Å². The number of benzene rings is 2. The van der Waals surface area contributed by atoms with Crippen molar-refractivity contribution < 1.29 is 23.5 Å². The molecule has 1 aromatic heterocycles. The Morgan fingerprint density at radius 1 is 1.09 bits per heavy atom. The first kappa shape index (κ1) is 22.4. The minimum absolute atomic E-state index is 0.0677. The number of furan rings is 1. The molecule has 3 aromatic rings. The number of thioether (sulfide) groups is 1. The summed E-state index contributed by atoms with van der Waals surface area (Å²) in [6.45, 7) is 2.33. The van der Waals surface area contributed by atoms with Crippen LogP contribution in [0, 0.1) is 6.92 Å². The molecule has 8 heteroatoms. The van der Waals surface area contributed by atoms with Crippen LogP contribution in [0.1, 0.15) is 27.2 Å². The highest BCUT2D eigenvalue weighted by molar-refractivity contribution is 8.18. The number of ether oxygens (including phenoxy) is 1. The number of amides is 3. The van der Waals surface area contributed by atoms with Gasteiger partial charge in [-0.15, -0.1) is 0 Å². The maximum atomic E-state index is 12.6. The first-order valence-corrected chi connectivity index (χ1v) is 11.2. The van der Waals surface area contributed by atoms with Crippen LogP contribution in [-0.2, 0) is 11.4 Å². The van der Waals surface area contributed by atoms with Crippen LogP contribution in [0.25, 0.3) is 6.08 Å². The maximum Gasteiger partial charge on any atom is 0.293 e. The van der Waals surface area contributed by atoms with Gasteiger partial charge in [0.2, 0.25) is 0 Å². The fourth-order valence-electron chi connectivity index (χ4n) is 3.19. The van der Waals surface area contributed by atoms with Gasteiger partial charge < -0.3 is 14.5 Å². The molecule has 2 aromatic carbocycles. The summed E-state index contributed by atoms with van der Waals surface area (Å²) >= 11 is 0.895. The van der Waals surface area contributed by atoms with Gasteiger partial charge in [-0.05, 0) is 48.5 Å². The molecule has 3 amide bonds. The third-order valence-corrected chi connectivity index (χ3v) is 5.87. The van der Waals surface area contributed by atoms with Crippen LogP contribution in [0.15, 0.2) is 76.2 Å². The van der Waals surface area contributed by atoms with Crippen molar-refractivity contribution in [1.82, 2.24) is 10.2 Å². The van der Waals surface area contributed by atoms with Gasteiger partial charge >= 0.3 is 0 Å². The normalized spacial score (nSPS) is 14.7. The fourth-order valence-corrected chi connectivity index (χ4v) is 4.06. The summed E-state index contributed by atoms with van der Waals surface area (Å²) in [6, 6.07) is 18.6. The van der Waals surface area contributed by atoms with Crippen molar-refractivity contribution in [2.75, 3.05) is 13.1 Å². The molecule has 1 N–H and O–H groups in total. The van der Waals surface area contributed by atoms with Crippen LogP contribution in [0.5, 0.6) is 5.75 Å². The zero-order valence-electron chi connectivity index (χ0n) is 17.9. The lowest BCUT2D eigenvalue weighted by Crippen LogP contribution is -2.37. The van der Waals surface area contributed by atoms with Crippen LogP contribution in [-0.4, -0.2) is 35.0 Å². The Labute approximate surface area is 195 Å². The summed E-state index contributed by atoms with van der Waals surface area (Å²) in [5.41, 5.74) is 2.56. The Balaban J connectivity index is 1.31. The van der Waals surface area contributed by atoms with E-state index in [1.807, 2.05) is 61.5 Å². The van der Waals surface area contributed by atoms with Crippen molar-refractivity contribution >= 4 is 34.9 Å². The molecule has 0 radical (unpaired) electrons. The Kier molecular flexibility index (Phi) is 6.95. The molecule has 1 aliphatic heterocycles. The van der Waals surface area contributed by atoms with E-state index in [9.17, 15) is 14.4 Å². The van der Waals surface area contributed by atoms with E-state index in [0.717, 1.165) is 27.8 Å². The van der Waals surface area contributed by atoms with E-state index in [0.29, 0.717) is 16.2 Å². The van der Waals surface area contributed by atoms with Gasteiger partial charge in [0.25, 0.3) is 17.1 Å². The maximum absolute atomic E-state index is 12.6. The van der Waals surface area contributed by atoms with Crippen molar-refractivity contribution in [3.8, 4) is 5.75 Å². The molecule has 33 heavy (non-hydrogen) atoms. The Bertz CT molecular complexity index is 1190. The minimum Gasteiger partial charge on any atom is -0.489 e. The molecule has 0 atom stereocenters. The molecule has 0 bridgehead atoms. The summed E-state index contributed by atoms with van der Waals surface area (Å²) in [6.07, 6.45) is 3.12. The second-order valence-corrected chi connectivity index (χ2v) is 8.37. The number of hydrogen-bond donors (Lipinski definition) is 1. The molecular formula is C25H22N2O5S. The number of nitrogens with zero attached hydrogens (tertiary/aromatic N) is 1. The van der Waals surface area contributed by atoms with E-state index >= 15 is 0 Å².